The number of hydrogen-bond acceptors (Lipinski definition) is 3. The number of carbonyl (C=O) groups is 1. The number of ketones is 1. The van der Waals surface area contributed by atoms with Gasteiger partial charge in [0, 0.05) is 6.42 Å². The van der Waals surface area contributed by atoms with E-state index in [-0.39, 0.29) is 5.78 Å². The van der Waals surface area contributed by atoms with E-state index < -0.39 is 0 Å². The third-order valence-electron chi connectivity index (χ3n) is 2.92. The van der Waals surface area contributed by atoms with Crippen molar-refractivity contribution < 1.29 is 9.21 Å². The standard InChI is InChI=1S/C15H25NO2/c1-4-5-6-7-8-9-13-10-11-15(18-13)14(17)12-16(2)3/h10-11H,4-9,12H2,1-3H3. The van der Waals surface area contributed by atoms with Crippen LogP contribution in [0, 0.1) is 0 Å². The molecule has 0 atom stereocenters. The molecule has 0 aliphatic rings. The Bertz CT molecular complexity index is 355. The number of hydrogen-bond donors (Lipinski definition) is 0. The van der Waals surface area contributed by atoms with Gasteiger partial charge in [-0.15, -0.1) is 0 Å². The average molecular weight is 251 g/mol. The van der Waals surface area contributed by atoms with Crippen LogP contribution in [0.4, 0.5) is 0 Å². The Kier molecular flexibility index (Phi) is 6.73. The summed E-state index contributed by atoms with van der Waals surface area (Å²) in [6, 6.07) is 3.73. The molecular formula is C15H25NO2. The molecule has 0 aliphatic heterocycles. The molecule has 18 heavy (non-hydrogen) atoms. The van der Waals surface area contributed by atoms with E-state index in [0.29, 0.717) is 12.3 Å². The second-order valence-corrected chi connectivity index (χ2v) is 5.09. The number of likely N-dealkylation sites (N-methyl/N-ethyl adjacent to an activating group) is 1. The lowest BCUT2D eigenvalue weighted by atomic mass is 10.1. The highest BCUT2D eigenvalue weighted by Gasteiger charge is 2.11. The summed E-state index contributed by atoms with van der Waals surface area (Å²) in [5.41, 5.74) is 0. The SMILES string of the molecule is CCCCCCCc1ccc(C(=O)CN(C)C)o1. The zero-order valence-corrected chi connectivity index (χ0v) is 11.9. The monoisotopic (exact) mass is 251 g/mol. The number of Topliss-reactive ketones (excluding diaryl/α,β-unsaturated/α-hetero) is 1. The molecule has 1 aromatic heterocycles. The van der Waals surface area contributed by atoms with Gasteiger partial charge in [0.25, 0.3) is 0 Å². The highest BCUT2D eigenvalue weighted by atomic mass is 16.3. The van der Waals surface area contributed by atoms with Gasteiger partial charge in [-0.3, -0.25) is 4.79 Å². The topological polar surface area (TPSA) is 33.5 Å². The van der Waals surface area contributed by atoms with Crippen LogP contribution >= 0.6 is 0 Å². The maximum Gasteiger partial charge on any atom is 0.211 e. The zero-order chi connectivity index (χ0) is 13.4. The first-order valence-corrected chi connectivity index (χ1v) is 6.90. The first kappa shape index (κ1) is 15.0. The Morgan fingerprint density at radius 3 is 2.56 bits per heavy atom. The van der Waals surface area contributed by atoms with Crippen molar-refractivity contribution in [1.29, 1.82) is 0 Å². The molecule has 0 radical (unpaired) electrons. The molecule has 0 amide bonds. The molecule has 0 unspecified atom stereocenters. The molecule has 1 aromatic rings. The fourth-order valence-electron chi connectivity index (χ4n) is 1.93. The van der Waals surface area contributed by atoms with E-state index >= 15 is 0 Å². The van der Waals surface area contributed by atoms with E-state index in [9.17, 15) is 4.79 Å². The van der Waals surface area contributed by atoms with Crippen molar-refractivity contribution in [2.24, 2.45) is 0 Å². The van der Waals surface area contributed by atoms with E-state index in [4.69, 9.17) is 4.42 Å². The number of furan rings is 1. The predicted molar refractivity (Wildman–Crippen MR) is 74.1 cm³/mol. The summed E-state index contributed by atoms with van der Waals surface area (Å²) < 4.78 is 5.58. The number of rotatable bonds is 9. The largest absolute Gasteiger partial charge is 0.458 e. The summed E-state index contributed by atoms with van der Waals surface area (Å²) in [5.74, 6) is 1.48. The summed E-state index contributed by atoms with van der Waals surface area (Å²) in [6.45, 7) is 2.62. The molecule has 0 aromatic carbocycles. The van der Waals surface area contributed by atoms with Crippen LogP contribution in [0.15, 0.2) is 16.5 Å². The van der Waals surface area contributed by atoms with Crippen molar-refractivity contribution in [3.05, 3.63) is 23.7 Å². The van der Waals surface area contributed by atoms with Gasteiger partial charge in [-0.25, -0.2) is 0 Å². The van der Waals surface area contributed by atoms with Gasteiger partial charge in [0.05, 0.1) is 6.54 Å². The third kappa shape index (κ3) is 5.50. The predicted octanol–water partition coefficient (Wildman–Crippen LogP) is 3.54. The van der Waals surface area contributed by atoms with E-state index in [0.717, 1.165) is 18.6 Å². The van der Waals surface area contributed by atoms with E-state index in [2.05, 4.69) is 6.92 Å². The fraction of sp³-hybridized carbons (Fsp3) is 0.667. The maximum atomic E-state index is 11.7. The Labute approximate surface area is 110 Å². The Morgan fingerprint density at radius 1 is 1.17 bits per heavy atom. The number of carbonyl (C=O) groups excluding carboxylic acids is 1. The molecule has 0 N–H and O–H groups in total. The number of nitrogens with zero attached hydrogens (tertiary/aromatic N) is 1. The second kappa shape index (κ2) is 8.09. The molecule has 1 rings (SSSR count). The van der Waals surface area contributed by atoms with Gasteiger partial charge in [0.15, 0.2) is 5.76 Å². The van der Waals surface area contributed by atoms with Gasteiger partial charge in [-0.2, -0.15) is 0 Å². The highest BCUT2D eigenvalue weighted by molar-refractivity contribution is 5.95. The lowest BCUT2D eigenvalue weighted by Crippen LogP contribution is -2.21. The van der Waals surface area contributed by atoms with Crippen molar-refractivity contribution in [1.82, 2.24) is 4.90 Å². The smallest absolute Gasteiger partial charge is 0.211 e. The quantitative estimate of drug-likeness (QED) is 0.497. The van der Waals surface area contributed by atoms with Crippen molar-refractivity contribution in [2.75, 3.05) is 20.6 Å². The molecule has 0 bridgehead atoms. The van der Waals surface area contributed by atoms with Crippen LogP contribution < -0.4 is 0 Å². The summed E-state index contributed by atoms with van der Waals surface area (Å²) >= 11 is 0. The van der Waals surface area contributed by atoms with Crippen molar-refractivity contribution in [2.45, 2.75) is 45.4 Å². The molecule has 3 heteroatoms. The van der Waals surface area contributed by atoms with E-state index in [1.165, 1.54) is 25.7 Å². The van der Waals surface area contributed by atoms with Crippen LogP contribution in [0.2, 0.25) is 0 Å². The summed E-state index contributed by atoms with van der Waals surface area (Å²) in [5, 5.41) is 0. The second-order valence-electron chi connectivity index (χ2n) is 5.09. The molecule has 0 fully saturated rings. The molecule has 0 saturated heterocycles. The van der Waals surface area contributed by atoms with Crippen molar-refractivity contribution in [3.63, 3.8) is 0 Å². The minimum atomic E-state index is 0.0530. The molecular weight excluding hydrogens is 226 g/mol. The summed E-state index contributed by atoms with van der Waals surface area (Å²) in [6.07, 6.45) is 7.21. The number of aryl methyl sites for hydroxylation is 1. The first-order chi connectivity index (χ1) is 8.63. The molecule has 3 nitrogen and oxygen atoms in total. The van der Waals surface area contributed by atoms with Crippen LogP contribution in [-0.2, 0) is 6.42 Å². The minimum Gasteiger partial charge on any atom is -0.458 e. The molecule has 0 spiro atoms. The Hall–Kier alpha value is -1.09. The lowest BCUT2D eigenvalue weighted by Gasteiger charge is -2.05. The van der Waals surface area contributed by atoms with Crippen LogP contribution in [-0.4, -0.2) is 31.3 Å². The van der Waals surface area contributed by atoms with E-state index in [1.54, 1.807) is 6.07 Å². The van der Waals surface area contributed by atoms with Crippen LogP contribution in [0.3, 0.4) is 0 Å². The first-order valence-electron chi connectivity index (χ1n) is 6.90. The Balaban J connectivity index is 2.32. The van der Waals surface area contributed by atoms with Crippen molar-refractivity contribution >= 4 is 5.78 Å². The van der Waals surface area contributed by atoms with Crippen LogP contribution in [0.5, 0.6) is 0 Å². The highest BCUT2D eigenvalue weighted by Crippen LogP contribution is 2.13. The molecule has 102 valence electrons. The number of unbranched alkanes of at least 4 members (excludes halogenated alkanes) is 4. The molecule has 1 heterocycles. The maximum absolute atomic E-state index is 11.7. The third-order valence-corrected chi connectivity index (χ3v) is 2.92. The Morgan fingerprint density at radius 2 is 1.89 bits per heavy atom. The average Bonchev–Trinajstić information content (AvgIpc) is 2.77. The van der Waals surface area contributed by atoms with E-state index in [1.807, 2.05) is 25.1 Å². The van der Waals surface area contributed by atoms with Crippen LogP contribution in [0.25, 0.3) is 0 Å². The summed E-state index contributed by atoms with van der Waals surface area (Å²) in [4.78, 5) is 13.6. The lowest BCUT2D eigenvalue weighted by molar-refractivity contribution is 0.0929. The normalized spacial score (nSPS) is 11.1. The summed E-state index contributed by atoms with van der Waals surface area (Å²) in [7, 11) is 3.77. The van der Waals surface area contributed by atoms with Crippen molar-refractivity contribution in [3.8, 4) is 0 Å². The van der Waals surface area contributed by atoms with Crippen LogP contribution in [0.1, 0.15) is 55.3 Å². The molecule has 0 saturated carbocycles. The fourth-order valence-corrected chi connectivity index (χ4v) is 1.93. The van der Waals surface area contributed by atoms with Gasteiger partial charge < -0.3 is 9.32 Å². The van der Waals surface area contributed by atoms with Gasteiger partial charge >= 0.3 is 0 Å². The molecule has 0 aliphatic carbocycles. The van der Waals surface area contributed by atoms with Gasteiger partial charge in [0.2, 0.25) is 5.78 Å². The van der Waals surface area contributed by atoms with Gasteiger partial charge in [0.1, 0.15) is 5.76 Å². The minimum absolute atomic E-state index is 0.0530. The van der Waals surface area contributed by atoms with Gasteiger partial charge in [-0.1, -0.05) is 32.6 Å². The van der Waals surface area contributed by atoms with Gasteiger partial charge in [-0.05, 0) is 32.6 Å². The zero-order valence-electron chi connectivity index (χ0n) is 11.9.